The molecule has 2 heterocycles. The third kappa shape index (κ3) is 6.21. The maximum Gasteiger partial charge on any atom is 0.410 e. The highest BCUT2D eigenvalue weighted by molar-refractivity contribution is 5.68. The Bertz CT molecular complexity index is 465. The van der Waals surface area contributed by atoms with Crippen molar-refractivity contribution >= 4 is 6.09 Å². The van der Waals surface area contributed by atoms with Crippen molar-refractivity contribution in [2.75, 3.05) is 13.1 Å². The standard InChI is InChI=1S/C20H34N2O2/c1-17-9-7-13-21(16-12-17)14-8-11-18-10-5-6-15-22(18)19(23)24-20(2,3)4/h7,12-13,16-18H,5-6,8-11,14-15H2,1-4H3. The lowest BCUT2D eigenvalue weighted by atomic mass is 9.98. The molecule has 2 aliphatic heterocycles. The predicted molar refractivity (Wildman–Crippen MR) is 98.6 cm³/mol. The van der Waals surface area contributed by atoms with Crippen molar-refractivity contribution in [3.05, 3.63) is 24.6 Å². The first-order chi connectivity index (χ1) is 11.3. The van der Waals surface area contributed by atoms with Gasteiger partial charge in [-0.2, -0.15) is 0 Å². The fourth-order valence-corrected chi connectivity index (χ4v) is 3.32. The van der Waals surface area contributed by atoms with Crippen LogP contribution in [0.3, 0.4) is 0 Å². The number of carbonyl (C=O) groups is 1. The zero-order valence-electron chi connectivity index (χ0n) is 15.8. The van der Waals surface area contributed by atoms with Crippen LogP contribution in [-0.4, -0.2) is 40.6 Å². The molecule has 2 rings (SSSR count). The predicted octanol–water partition coefficient (Wildman–Crippen LogP) is 4.93. The Hall–Kier alpha value is -1.45. The fourth-order valence-electron chi connectivity index (χ4n) is 3.32. The molecular weight excluding hydrogens is 300 g/mol. The zero-order valence-corrected chi connectivity index (χ0v) is 15.8. The number of rotatable bonds is 4. The molecule has 0 aromatic carbocycles. The van der Waals surface area contributed by atoms with E-state index in [-0.39, 0.29) is 6.09 Å². The number of carbonyl (C=O) groups excluding carboxylic acids is 1. The van der Waals surface area contributed by atoms with E-state index < -0.39 is 5.60 Å². The minimum atomic E-state index is -0.419. The van der Waals surface area contributed by atoms with Gasteiger partial charge in [-0.25, -0.2) is 4.79 Å². The zero-order chi connectivity index (χ0) is 17.6. The van der Waals surface area contributed by atoms with Gasteiger partial charge in [-0.3, -0.25) is 0 Å². The summed E-state index contributed by atoms with van der Waals surface area (Å²) >= 11 is 0. The van der Waals surface area contributed by atoms with E-state index in [0.29, 0.717) is 12.0 Å². The summed E-state index contributed by atoms with van der Waals surface area (Å²) in [5, 5.41) is 0. The third-order valence-electron chi connectivity index (χ3n) is 4.62. The van der Waals surface area contributed by atoms with Gasteiger partial charge in [0.15, 0.2) is 0 Å². The average Bonchev–Trinajstić information content (AvgIpc) is 2.71. The van der Waals surface area contributed by atoms with Crippen molar-refractivity contribution in [1.82, 2.24) is 9.80 Å². The molecule has 2 unspecified atom stereocenters. The number of allylic oxidation sites excluding steroid dienone is 2. The van der Waals surface area contributed by atoms with Crippen LogP contribution >= 0.6 is 0 Å². The van der Waals surface area contributed by atoms with Gasteiger partial charge in [-0.15, -0.1) is 0 Å². The molecule has 2 aliphatic rings. The second-order valence-electron chi connectivity index (χ2n) is 8.14. The summed E-state index contributed by atoms with van der Waals surface area (Å²) in [6, 6.07) is 0.326. The second kappa shape index (κ2) is 8.59. The van der Waals surface area contributed by atoms with Gasteiger partial charge in [0.05, 0.1) is 0 Å². The molecule has 0 aromatic rings. The van der Waals surface area contributed by atoms with Crippen molar-refractivity contribution in [3.8, 4) is 0 Å². The van der Waals surface area contributed by atoms with Gasteiger partial charge in [-0.05, 0) is 77.6 Å². The highest BCUT2D eigenvalue weighted by Crippen LogP contribution is 2.24. The quantitative estimate of drug-likeness (QED) is 0.731. The van der Waals surface area contributed by atoms with Gasteiger partial charge in [0, 0.05) is 19.1 Å². The van der Waals surface area contributed by atoms with Crippen LogP contribution in [-0.2, 0) is 4.74 Å². The number of nitrogens with zero attached hydrogens (tertiary/aromatic N) is 2. The first-order valence-electron chi connectivity index (χ1n) is 9.45. The summed E-state index contributed by atoms with van der Waals surface area (Å²) in [4.78, 5) is 16.7. The van der Waals surface area contributed by atoms with Crippen molar-refractivity contribution in [2.45, 2.75) is 77.9 Å². The summed E-state index contributed by atoms with van der Waals surface area (Å²) in [5.74, 6) is 0.618. The van der Waals surface area contributed by atoms with Crippen molar-refractivity contribution in [3.63, 3.8) is 0 Å². The molecule has 1 saturated heterocycles. The van der Waals surface area contributed by atoms with Crippen LogP contribution in [0.4, 0.5) is 4.79 Å². The van der Waals surface area contributed by atoms with E-state index in [4.69, 9.17) is 4.74 Å². The Labute approximate surface area is 147 Å². The molecule has 0 radical (unpaired) electrons. The van der Waals surface area contributed by atoms with Gasteiger partial charge < -0.3 is 14.5 Å². The van der Waals surface area contributed by atoms with Crippen molar-refractivity contribution in [2.24, 2.45) is 5.92 Å². The maximum atomic E-state index is 12.4. The van der Waals surface area contributed by atoms with Crippen LogP contribution in [0.1, 0.15) is 66.2 Å². The summed E-state index contributed by atoms with van der Waals surface area (Å²) in [5.41, 5.74) is -0.419. The van der Waals surface area contributed by atoms with E-state index in [0.717, 1.165) is 45.2 Å². The second-order valence-corrected chi connectivity index (χ2v) is 8.14. The molecule has 24 heavy (non-hydrogen) atoms. The topological polar surface area (TPSA) is 32.8 Å². The molecule has 1 fully saturated rings. The minimum absolute atomic E-state index is 0.143. The molecular formula is C20H34N2O2. The van der Waals surface area contributed by atoms with E-state index in [9.17, 15) is 4.79 Å². The van der Waals surface area contributed by atoms with E-state index in [2.05, 4.69) is 36.4 Å². The smallest absolute Gasteiger partial charge is 0.410 e. The monoisotopic (exact) mass is 334 g/mol. The highest BCUT2D eigenvalue weighted by Gasteiger charge is 2.30. The number of amides is 1. The summed E-state index contributed by atoms with van der Waals surface area (Å²) < 4.78 is 5.59. The van der Waals surface area contributed by atoms with E-state index in [1.165, 1.54) is 6.42 Å². The Balaban J connectivity index is 1.83. The van der Waals surface area contributed by atoms with Gasteiger partial charge in [-0.1, -0.05) is 19.1 Å². The summed E-state index contributed by atoms with van der Waals surface area (Å²) in [6.07, 6.45) is 15.4. The van der Waals surface area contributed by atoms with Crippen LogP contribution < -0.4 is 0 Å². The molecule has 0 aliphatic carbocycles. The van der Waals surface area contributed by atoms with Gasteiger partial charge in [0.2, 0.25) is 0 Å². The Morgan fingerprint density at radius 1 is 1.25 bits per heavy atom. The number of hydrogen-bond acceptors (Lipinski definition) is 3. The molecule has 0 aromatic heterocycles. The molecule has 4 heteroatoms. The Morgan fingerprint density at radius 2 is 2.04 bits per heavy atom. The number of ether oxygens (including phenoxy) is 1. The van der Waals surface area contributed by atoms with Crippen molar-refractivity contribution < 1.29 is 9.53 Å². The molecule has 0 saturated carbocycles. The van der Waals surface area contributed by atoms with E-state index in [1.54, 1.807) is 0 Å². The first-order valence-corrected chi connectivity index (χ1v) is 9.45. The molecule has 136 valence electrons. The Kier molecular flexibility index (Phi) is 6.76. The van der Waals surface area contributed by atoms with Gasteiger partial charge in [0.1, 0.15) is 5.60 Å². The highest BCUT2D eigenvalue weighted by atomic mass is 16.6. The first kappa shape index (κ1) is 18.9. The van der Waals surface area contributed by atoms with E-state index in [1.807, 2.05) is 25.7 Å². The lowest BCUT2D eigenvalue weighted by Crippen LogP contribution is -2.46. The number of hydrogen-bond donors (Lipinski definition) is 0. The van der Waals surface area contributed by atoms with Gasteiger partial charge >= 0.3 is 6.09 Å². The number of piperidine rings is 1. The maximum absolute atomic E-state index is 12.4. The average molecular weight is 335 g/mol. The SMILES string of the molecule is CC1C=CN(CCCC2CCCCN2C(=O)OC(C)(C)C)C=CC1. The van der Waals surface area contributed by atoms with Crippen LogP contribution in [0.15, 0.2) is 24.6 Å². The van der Waals surface area contributed by atoms with Crippen molar-refractivity contribution in [1.29, 1.82) is 0 Å². The lowest BCUT2D eigenvalue weighted by Gasteiger charge is -2.37. The molecule has 0 bridgehead atoms. The summed E-state index contributed by atoms with van der Waals surface area (Å²) in [6.45, 7) is 9.89. The van der Waals surface area contributed by atoms with Crippen LogP contribution in [0.25, 0.3) is 0 Å². The minimum Gasteiger partial charge on any atom is -0.444 e. The van der Waals surface area contributed by atoms with Gasteiger partial charge in [0.25, 0.3) is 0 Å². The molecule has 1 amide bonds. The normalized spacial score (nSPS) is 24.8. The van der Waals surface area contributed by atoms with Crippen LogP contribution in [0.2, 0.25) is 0 Å². The Morgan fingerprint density at radius 3 is 2.79 bits per heavy atom. The van der Waals surface area contributed by atoms with Crippen LogP contribution in [0.5, 0.6) is 0 Å². The van der Waals surface area contributed by atoms with E-state index >= 15 is 0 Å². The molecule has 2 atom stereocenters. The van der Waals surface area contributed by atoms with Crippen LogP contribution in [0, 0.1) is 5.92 Å². The fraction of sp³-hybridized carbons (Fsp3) is 0.750. The largest absolute Gasteiger partial charge is 0.444 e. The molecule has 4 nitrogen and oxygen atoms in total. The molecule has 0 spiro atoms. The number of likely N-dealkylation sites (tertiary alicyclic amines) is 1. The third-order valence-corrected chi connectivity index (χ3v) is 4.62. The molecule has 0 N–H and O–H groups in total. The summed E-state index contributed by atoms with van der Waals surface area (Å²) in [7, 11) is 0. The lowest BCUT2D eigenvalue weighted by molar-refractivity contribution is 0.00854.